The van der Waals surface area contributed by atoms with Gasteiger partial charge < -0.3 is 5.11 Å². The van der Waals surface area contributed by atoms with Gasteiger partial charge in [-0.3, -0.25) is 4.98 Å². The first-order chi connectivity index (χ1) is 6.27. The Bertz CT molecular complexity index is 389. The Morgan fingerprint density at radius 1 is 1.46 bits per heavy atom. The summed E-state index contributed by atoms with van der Waals surface area (Å²) in [7, 11) is 1.69. The van der Waals surface area contributed by atoms with Crippen LogP contribution in [0.25, 0.3) is 11.3 Å². The van der Waals surface area contributed by atoms with Crippen molar-refractivity contribution >= 4 is 0 Å². The van der Waals surface area contributed by atoms with E-state index in [0.29, 0.717) is 0 Å². The molecule has 0 aliphatic rings. The van der Waals surface area contributed by atoms with Crippen LogP contribution in [0.4, 0.5) is 0 Å². The molecule has 0 amide bonds. The van der Waals surface area contributed by atoms with Gasteiger partial charge in [-0.2, -0.15) is 5.10 Å². The van der Waals surface area contributed by atoms with Crippen LogP contribution in [0.2, 0.25) is 0 Å². The second kappa shape index (κ2) is 2.90. The highest BCUT2D eigenvalue weighted by Gasteiger charge is 2.04. The van der Waals surface area contributed by atoms with Crippen molar-refractivity contribution in [1.82, 2.24) is 14.8 Å². The monoisotopic (exact) mass is 175 g/mol. The highest BCUT2D eigenvalue weighted by atomic mass is 16.3. The lowest BCUT2D eigenvalue weighted by molar-refractivity contribution is 0.419. The summed E-state index contributed by atoms with van der Waals surface area (Å²) in [5.41, 5.74) is 1.63. The van der Waals surface area contributed by atoms with Crippen molar-refractivity contribution in [2.75, 3.05) is 0 Å². The smallest absolute Gasteiger partial charge is 0.209 e. The van der Waals surface area contributed by atoms with Gasteiger partial charge in [0.1, 0.15) is 0 Å². The van der Waals surface area contributed by atoms with Crippen LogP contribution in [0.3, 0.4) is 0 Å². The fourth-order valence-corrected chi connectivity index (χ4v) is 1.11. The lowest BCUT2D eigenvalue weighted by Gasteiger charge is -1.92. The first kappa shape index (κ1) is 7.79. The number of aryl methyl sites for hydroxylation is 1. The maximum absolute atomic E-state index is 9.28. The van der Waals surface area contributed by atoms with E-state index in [-0.39, 0.29) is 5.88 Å². The van der Waals surface area contributed by atoms with E-state index in [4.69, 9.17) is 0 Å². The predicted molar refractivity (Wildman–Crippen MR) is 48.1 cm³/mol. The molecule has 0 aliphatic heterocycles. The molecular weight excluding hydrogens is 166 g/mol. The lowest BCUT2D eigenvalue weighted by atomic mass is 10.2. The minimum Gasteiger partial charge on any atom is -0.493 e. The van der Waals surface area contributed by atoms with E-state index in [1.165, 1.54) is 4.68 Å². The zero-order chi connectivity index (χ0) is 9.26. The molecule has 1 N–H and O–H groups in total. The van der Waals surface area contributed by atoms with Gasteiger partial charge in [0.15, 0.2) is 0 Å². The predicted octanol–water partition coefficient (Wildman–Crippen LogP) is 1.19. The Kier molecular flexibility index (Phi) is 1.73. The third kappa shape index (κ3) is 1.38. The minimum absolute atomic E-state index is 0.152. The van der Waals surface area contributed by atoms with Crippen molar-refractivity contribution < 1.29 is 5.11 Å². The summed E-state index contributed by atoms with van der Waals surface area (Å²) < 4.78 is 1.42. The second-order valence-corrected chi connectivity index (χ2v) is 2.75. The maximum Gasteiger partial charge on any atom is 0.209 e. The molecule has 0 aliphatic carbocycles. The Hall–Kier alpha value is -1.84. The lowest BCUT2D eigenvalue weighted by Crippen LogP contribution is -1.89. The SMILES string of the molecule is Cn1nc(-c2cccnc2)cc1O. The average Bonchev–Trinajstić information content (AvgIpc) is 2.49. The molecule has 0 saturated heterocycles. The average molecular weight is 175 g/mol. The van der Waals surface area contributed by atoms with Crippen molar-refractivity contribution in [2.24, 2.45) is 7.05 Å². The summed E-state index contributed by atoms with van der Waals surface area (Å²) in [4.78, 5) is 3.97. The number of aromatic nitrogens is 3. The standard InChI is InChI=1S/C9H9N3O/c1-12-9(13)5-8(11-12)7-3-2-4-10-6-7/h2-6,13H,1H3. The highest BCUT2D eigenvalue weighted by molar-refractivity contribution is 5.58. The van der Waals surface area contributed by atoms with Gasteiger partial charge in [0.2, 0.25) is 5.88 Å². The zero-order valence-corrected chi connectivity index (χ0v) is 7.18. The number of aromatic hydroxyl groups is 1. The number of pyridine rings is 1. The Labute approximate surface area is 75.5 Å². The first-order valence-corrected chi connectivity index (χ1v) is 3.91. The van der Waals surface area contributed by atoms with Gasteiger partial charge in [-0.05, 0) is 12.1 Å². The normalized spacial score (nSPS) is 10.2. The van der Waals surface area contributed by atoms with Crippen LogP contribution < -0.4 is 0 Å². The van der Waals surface area contributed by atoms with Gasteiger partial charge in [-0.1, -0.05) is 0 Å². The largest absolute Gasteiger partial charge is 0.493 e. The molecule has 2 aromatic heterocycles. The van der Waals surface area contributed by atoms with Crippen molar-refractivity contribution in [3.8, 4) is 17.1 Å². The van der Waals surface area contributed by atoms with E-state index in [9.17, 15) is 5.11 Å². The zero-order valence-electron chi connectivity index (χ0n) is 7.18. The van der Waals surface area contributed by atoms with Gasteiger partial charge >= 0.3 is 0 Å². The van der Waals surface area contributed by atoms with Crippen molar-refractivity contribution in [2.45, 2.75) is 0 Å². The van der Waals surface area contributed by atoms with E-state index < -0.39 is 0 Å². The summed E-state index contributed by atoms with van der Waals surface area (Å²) >= 11 is 0. The molecule has 0 fully saturated rings. The van der Waals surface area contributed by atoms with Crippen LogP contribution in [0.1, 0.15) is 0 Å². The van der Waals surface area contributed by atoms with E-state index in [1.54, 1.807) is 25.5 Å². The molecule has 4 nitrogen and oxygen atoms in total. The number of hydrogen-bond donors (Lipinski definition) is 1. The Morgan fingerprint density at radius 2 is 2.31 bits per heavy atom. The molecule has 0 atom stereocenters. The van der Waals surface area contributed by atoms with Crippen molar-refractivity contribution in [1.29, 1.82) is 0 Å². The first-order valence-electron chi connectivity index (χ1n) is 3.91. The summed E-state index contributed by atoms with van der Waals surface area (Å²) in [6.45, 7) is 0. The topological polar surface area (TPSA) is 50.9 Å². The van der Waals surface area contributed by atoms with E-state index in [1.807, 2.05) is 12.1 Å². The van der Waals surface area contributed by atoms with Gasteiger partial charge in [0, 0.05) is 31.1 Å². The van der Waals surface area contributed by atoms with Crippen LogP contribution in [-0.4, -0.2) is 19.9 Å². The minimum atomic E-state index is 0.152. The van der Waals surface area contributed by atoms with Crippen LogP contribution >= 0.6 is 0 Å². The fourth-order valence-electron chi connectivity index (χ4n) is 1.11. The third-order valence-electron chi connectivity index (χ3n) is 1.81. The van der Waals surface area contributed by atoms with Crippen molar-refractivity contribution in [3.05, 3.63) is 30.6 Å². The summed E-state index contributed by atoms with van der Waals surface area (Å²) in [5.74, 6) is 0.152. The molecule has 66 valence electrons. The van der Waals surface area contributed by atoms with Crippen LogP contribution in [-0.2, 0) is 7.05 Å². The molecular formula is C9H9N3O. The summed E-state index contributed by atoms with van der Waals surface area (Å²) in [6.07, 6.45) is 3.41. The molecule has 0 radical (unpaired) electrons. The molecule has 4 heteroatoms. The molecule has 2 heterocycles. The second-order valence-electron chi connectivity index (χ2n) is 2.75. The number of hydrogen-bond acceptors (Lipinski definition) is 3. The van der Waals surface area contributed by atoms with E-state index in [0.717, 1.165) is 11.3 Å². The number of rotatable bonds is 1. The molecule has 2 aromatic rings. The van der Waals surface area contributed by atoms with Crippen LogP contribution in [0.15, 0.2) is 30.6 Å². The van der Waals surface area contributed by atoms with Crippen LogP contribution in [0.5, 0.6) is 5.88 Å². The highest BCUT2D eigenvalue weighted by Crippen LogP contribution is 2.20. The fraction of sp³-hybridized carbons (Fsp3) is 0.111. The van der Waals surface area contributed by atoms with Crippen molar-refractivity contribution in [3.63, 3.8) is 0 Å². The Morgan fingerprint density at radius 3 is 2.85 bits per heavy atom. The van der Waals surface area contributed by atoms with Gasteiger partial charge in [-0.15, -0.1) is 0 Å². The molecule has 0 saturated carbocycles. The Balaban J connectivity index is 2.48. The van der Waals surface area contributed by atoms with Crippen LogP contribution in [0, 0.1) is 0 Å². The van der Waals surface area contributed by atoms with Gasteiger partial charge in [0.25, 0.3) is 0 Å². The van der Waals surface area contributed by atoms with Gasteiger partial charge in [-0.25, -0.2) is 4.68 Å². The molecule has 0 aromatic carbocycles. The van der Waals surface area contributed by atoms with E-state index >= 15 is 0 Å². The van der Waals surface area contributed by atoms with Gasteiger partial charge in [0.05, 0.1) is 5.69 Å². The third-order valence-corrected chi connectivity index (χ3v) is 1.81. The quantitative estimate of drug-likeness (QED) is 0.708. The summed E-state index contributed by atoms with van der Waals surface area (Å²) in [5, 5.41) is 13.4. The van der Waals surface area contributed by atoms with E-state index in [2.05, 4.69) is 10.1 Å². The number of nitrogens with zero attached hydrogens (tertiary/aromatic N) is 3. The molecule has 0 bridgehead atoms. The molecule has 2 rings (SSSR count). The molecule has 0 unspecified atom stereocenters. The maximum atomic E-state index is 9.28. The molecule has 13 heavy (non-hydrogen) atoms. The molecule has 0 spiro atoms. The summed E-state index contributed by atoms with van der Waals surface area (Å²) in [6, 6.07) is 5.34.